The molecule has 100 valence electrons. The number of carboxylic acid groups (broad SMARTS) is 1. The number of carbonyl (C=O) groups is 2. The van der Waals surface area contributed by atoms with Crippen LogP contribution in [0.15, 0.2) is 6.20 Å². The zero-order valence-electron chi connectivity index (χ0n) is 10.9. The van der Waals surface area contributed by atoms with Crippen LogP contribution < -0.4 is 5.32 Å². The predicted octanol–water partition coefficient (Wildman–Crippen LogP) is 1.34. The Kier molecular flexibility index (Phi) is 4.47. The third kappa shape index (κ3) is 2.69. The molecule has 6 nitrogen and oxygen atoms in total. The van der Waals surface area contributed by atoms with E-state index in [-0.39, 0.29) is 12.5 Å². The van der Waals surface area contributed by atoms with Crippen LogP contribution in [-0.4, -0.2) is 33.7 Å². The Bertz CT molecular complexity index is 436. The van der Waals surface area contributed by atoms with E-state index < -0.39 is 11.4 Å². The van der Waals surface area contributed by atoms with Crippen LogP contribution in [0.3, 0.4) is 0 Å². The van der Waals surface area contributed by atoms with Crippen molar-refractivity contribution in [3.63, 3.8) is 0 Å². The Morgan fingerprint density at radius 2 is 2.06 bits per heavy atom. The van der Waals surface area contributed by atoms with Crippen molar-refractivity contribution in [3.05, 3.63) is 17.5 Å². The number of rotatable bonds is 6. The van der Waals surface area contributed by atoms with E-state index in [1.54, 1.807) is 6.92 Å². The number of aryl methyl sites for hydroxylation is 1. The van der Waals surface area contributed by atoms with Crippen LogP contribution in [0.1, 0.15) is 42.7 Å². The predicted molar refractivity (Wildman–Crippen MR) is 66.3 cm³/mol. The lowest BCUT2D eigenvalue weighted by atomic mass is 9.82. The number of H-pyrrole nitrogens is 1. The fraction of sp³-hybridized carbons (Fsp3) is 0.583. The topological polar surface area (TPSA) is 95.1 Å². The minimum atomic E-state index is -0.896. The number of carbonyl (C=O) groups excluding carboxylic acids is 1. The van der Waals surface area contributed by atoms with Gasteiger partial charge in [0, 0.05) is 12.2 Å². The van der Waals surface area contributed by atoms with Gasteiger partial charge in [-0.25, -0.2) is 0 Å². The molecule has 0 aliphatic heterocycles. The fourth-order valence-electron chi connectivity index (χ4n) is 1.80. The molecule has 1 amide bonds. The van der Waals surface area contributed by atoms with Crippen LogP contribution in [0.5, 0.6) is 0 Å². The maximum Gasteiger partial charge on any atom is 0.311 e. The van der Waals surface area contributed by atoms with Crippen LogP contribution in [0.2, 0.25) is 0 Å². The van der Waals surface area contributed by atoms with Crippen molar-refractivity contribution < 1.29 is 14.7 Å². The molecular weight excluding hydrogens is 234 g/mol. The minimum absolute atomic E-state index is 0.124. The molecule has 0 saturated carbocycles. The summed E-state index contributed by atoms with van der Waals surface area (Å²) >= 11 is 0. The van der Waals surface area contributed by atoms with Crippen molar-refractivity contribution in [2.45, 2.75) is 33.6 Å². The van der Waals surface area contributed by atoms with E-state index >= 15 is 0 Å². The first kappa shape index (κ1) is 14.2. The standard InChI is InChI=1S/C12H19N3O3/c1-4-12(5-2,11(17)18)7-13-10(16)9-6-14-15-8(9)3/h6H,4-5,7H2,1-3H3,(H,13,16)(H,14,15)(H,17,18). The van der Waals surface area contributed by atoms with Gasteiger partial charge in [0.1, 0.15) is 0 Å². The average Bonchev–Trinajstić information content (AvgIpc) is 2.77. The van der Waals surface area contributed by atoms with E-state index in [0.29, 0.717) is 24.1 Å². The Morgan fingerprint density at radius 1 is 1.44 bits per heavy atom. The molecule has 0 unspecified atom stereocenters. The van der Waals surface area contributed by atoms with E-state index in [2.05, 4.69) is 15.5 Å². The van der Waals surface area contributed by atoms with Crippen molar-refractivity contribution in [1.29, 1.82) is 0 Å². The summed E-state index contributed by atoms with van der Waals surface area (Å²) in [5, 5.41) is 18.4. The van der Waals surface area contributed by atoms with E-state index in [1.807, 2.05) is 13.8 Å². The molecular formula is C12H19N3O3. The summed E-state index contributed by atoms with van der Waals surface area (Å²) in [5.74, 6) is -1.18. The highest BCUT2D eigenvalue weighted by Crippen LogP contribution is 2.25. The molecule has 0 saturated heterocycles. The van der Waals surface area contributed by atoms with E-state index in [4.69, 9.17) is 0 Å². The van der Waals surface area contributed by atoms with Crippen LogP contribution in [0, 0.1) is 12.3 Å². The van der Waals surface area contributed by atoms with E-state index in [1.165, 1.54) is 6.20 Å². The number of aliphatic carboxylic acids is 1. The third-order valence-corrected chi connectivity index (χ3v) is 3.47. The van der Waals surface area contributed by atoms with E-state index in [0.717, 1.165) is 0 Å². The maximum absolute atomic E-state index is 11.9. The highest BCUT2D eigenvalue weighted by Gasteiger charge is 2.35. The highest BCUT2D eigenvalue weighted by atomic mass is 16.4. The van der Waals surface area contributed by atoms with Gasteiger partial charge in [0.05, 0.1) is 17.2 Å². The van der Waals surface area contributed by atoms with Gasteiger partial charge < -0.3 is 10.4 Å². The lowest BCUT2D eigenvalue weighted by molar-refractivity contribution is -0.149. The first-order chi connectivity index (χ1) is 8.46. The average molecular weight is 253 g/mol. The second kappa shape index (κ2) is 5.66. The summed E-state index contributed by atoms with van der Waals surface area (Å²) in [6.45, 7) is 5.49. The van der Waals surface area contributed by atoms with Gasteiger partial charge in [-0.3, -0.25) is 14.7 Å². The summed E-state index contributed by atoms with van der Waals surface area (Å²) in [4.78, 5) is 23.1. The van der Waals surface area contributed by atoms with Crippen molar-refractivity contribution in [3.8, 4) is 0 Å². The number of amides is 1. The van der Waals surface area contributed by atoms with Gasteiger partial charge in [0.2, 0.25) is 0 Å². The molecule has 0 radical (unpaired) electrons. The quantitative estimate of drug-likeness (QED) is 0.713. The molecule has 0 bridgehead atoms. The molecule has 1 heterocycles. The fourth-order valence-corrected chi connectivity index (χ4v) is 1.80. The first-order valence-corrected chi connectivity index (χ1v) is 5.98. The van der Waals surface area contributed by atoms with Gasteiger partial charge >= 0.3 is 5.97 Å². The normalized spacial score (nSPS) is 11.3. The Labute approximate surface area is 106 Å². The SMILES string of the molecule is CCC(CC)(CNC(=O)c1cn[nH]c1C)C(=O)O. The molecule has 3 N–H and O–H groups in total. The molecule has 0 aliphatic rings. The van der Waals surface area contributed by atoms with Gasteiger partial charge in [-0.15, -0.1) is 0 Å². The molecule has 1 aromatic heterocycles. The lowest BCUT2D eigenvalue weighted by Crippen LogP contribution is -2.42. The number of nitrogens with one attached hydrogen (secondary N) is 2. The van der Waals surface area contributed by atoms with Crippen LogP contribution in [0.25, 0.3) is 0 Å². The molecule has 0 atom stereocenters. The van der Waals surface area contributed by atoms with Crippen molar-refractivity contribution in [2.75, 3.05) is 6.54 Å². The number of aromatic amines is 1. The monoisotopic (exact) mass is 253 g/mol. The Morgan fingerprint density at radius 3 is 2.44 bits per heavy atom. The Balaban J connectivity index is 2.72. The minimum Gasteiger partial charge on any atom is -0.481 e. The molecule has 0 fully saturated rings. The summed E-state index contributed by atoms with van der Waals surface area (Å²) in [6.07, 6.45) is 2.39. The largest absolute Gasteiger partial charge is 0.481 e. The van der Waals surface area contributed by atoms with E-state index in [9.17, 15) is 14.7 Å². The number of hydrogen-bond donors (Lipinski definition) is 3. The number of aromatic nitrogens is 2. The van der Waals surface area contributed by atoms with Crippen LogP contribution in [0.4, 0.5) is 0 Å². The molecule has 0 aliphatic carbocycles. The number of hydrogen-bond acceptors (Lipinski definition) is 3. The van der Waals surface area contributed by atoms with Gasteiger partial charge in [-0.05, 0) is 19.8 Å². The second-order valence-electron chi connectivity index (χ2n) is 4.38. The molecule has 18 heavy (non-hydrogen) atoms. The molecule has 0 spiro atoms. The number of nitrogens with zero attached hydrogens (tertiary/aromatic N) is 1. The Hall–Kier alpha value is -1.85. The summed E-state index contributed by atoms with van der Waals surface area (Å²) in [7, 11) is 0. The van der Waals surface area contributed by atoms with Crippen LogP contribution in [-0.2, 0) is 4.79 Å². The van der Waals surface area contributed by atoms with Crippen LogP contribution >= 0.6 is 0 Å². The van der Waals surface area contributed by atoms with Gasteiger partial charge in [-0.2, -0.15) is 5.10 Å². The molecule has 1 rings (SSSR count). The second-order valence-corrected chi connectivity index (χ2v) is 4.38. The highest BCUT2D eigenvalue weighted by molar-refractivity contribution is 5.95. The molecule has 1 aromatic rings. The van der Waals surface area contributed by atoms with Crippen molar-refractivity contribution in [1.82, 2.24) is 15.5 Å². The summed E-state index contributed by atoms with van der Waals surface area (Å²) < 4.78 is 0. The summed E-state index contributed by atoms with van der Waals surface area (Å²) in [5.41, 5.74) is 0.218. The van der Waals surface area contributed by atoms with Gasteiger partial charge in [-0.1, -0.05) is 13.8 Å². The smallest absolute Gasteiger partial charge is 0.311 e. The van der Waals surface area contributed by atoms with Gasteiger partial charge in [0.25, 0.3) is 5.91 Å². The zero-order chi connectivity index (χ0) is 13.8. The molecule has 6 heteroatoms. The number of carboxylic acids is 1. The maximum atomic E-state index is 11.9. The summed E-state index contributed by atoms with van der Waals surface area (Å²) in [6, 6.07) is 0. The van der Waals surface area contributed by atoms with Crippen molar-refractivity contribution in [2.24, 2.45) is 5.41 Å². The van der Waals surface area contributed by atoms with Crippen molar-refractivity contribution >= 4 is 11.9 Å². The van der Waals surface area contributed by atoms with Gasteiger partial charge in [0.15, 0.2) is 0 Å². The lowest BCUT2D eigenvalue weighted by Gasteiger charge is -2.26. The zero-order valence-corrected chi connectivity index (χ0v) is 10.9. The molecule has 0 aromatic carbocycles. The first-order valence-electron chi connectivity index (χ1n) is 5.98. The third-order valence-electron chi connectivity index (χ3n) is 3.47.